The first kappa shape index (κ1) is 16.3. The molecule has 0 saturated carbocycles. The van der Waals surface area contributed by atoms with Crippen molar-refractivity contribution in [3.05, 3.63) is 28.7 Å². The van der Waals surface area contributed by atoms with Crippen LogP contribution in [0.5, 0.6) is 5.75 Å². The van der Waals surface area contributed by atoms with Crippen LogP contribution in [0.2, 0.25) is 0 Å². The van der Waals surface area contributed by atoms with E-state index in [0.29, 0.717) is 13.0 Å². The minimum absolute atomic E-state index is 0.355. The van der Waals surface area contributed by atoms with Gasteiger partial charge in [-0.25, -0.2) is 0 Å². The summed E-state index contributed by atoms with van der Waals surface area (Å²) in [5, 5.41) is 0. The van der Waals surface area contributed by atoms with E-state index in [1.165, 1.54) is 7.11 Å². The fourth-order valence-corrected chi connectivity index (χ4v) is 2.42. The van der Waals surface area contributed by atoms with Gasteiger partial charge in [0.2, 0.25) is 0 Å². The summed E-state index contributed by atoms with van der Waals surface area (Å²) in [5.74, 6) is 2.19. The number of benzene rings is 1. The Labute approximate surface area is 126 Å². The summed E-state index contributed by atoms with van der Waals surface area (Å²) >= 11 is 5.08. The maximum Gasteiger partial charge on any atom is 0.322 e. The summed E-state index contributed by atoms with van der Waals surface area (Å²) in [4.78, 5) is 11.1. The van der Waals surface area contributed by atoms with Crippen LogP contribution in [0.4, 0.5) is 0 Å². The molecule has 1 atom stereocenters. The maximum absolute atomic E-state index is 11.1. The third kappa shape index (κ3) is 6.84. The smallest absolute Gasteiger partial charge is 0.322 e. The minimum atomic E-state index is -0.523. The molecule has 0 aliphatic carbocycles. The quantitative estimate of drug-likeness (QED) is 0.578. The lowest BCUT2D eigenvalue weighted by Gasteiger charge is -2.09. The Balaban J connectivity index is 2.05. The number of hydrogen-bond donors (Lipinski definition) is 1. The summed E-state index contributed by atoms with van der Waals surface area (Å²) in [6, 6.07) is 7.20. The molecule has 6 heteroatoms. The molecule has 0 aliphatic heterocycles. The van der Waals surface area contributed by atoms with Gasteiger partial charge in [-0.15, -0.1) is 0 Å². The summed E-state index contributed by atoms with van der Waals surface area (Å²) in [7, 11) is 1.35. The zero-order valence-corrected chi connectivity index (χ0v) is 13.2. The zero-order valence-electron chi connectivity index (χ0n) is 10.8. The second-order valence-corrected chi connectivity index (χ2v) is 5.97. The Bertz CT molecular complexity index is 386. The minimum Gasteiger partial charge on any atom is -0.493 e. The van der Waals surface area contributed by atoms with Crippen molar-refractivity contribution in [1.29, 1.82) is 0 Å². The van der Waals surface area contributed by atoms with Crippen molar-refractivity contribution in [1.82, 2.24) is 0 Å². The molecular formula is C13H18BrNO3S. The van der Waals surface area contributed by atoms with Gasteiger partial charge >= 0.3 is 5.97 Å². The molecule has 0 aliphatic rings. The first-order valence-electron chi connectivity index (χ1n) is 5.93. The Morgan fingerprint density at radius 2 is 2.05 bits per heavy atom. The predicted molar refractivity (Wildman–Crippen MR) is 81.6 cm³/mol. The molecule has 0 aromatic heterocycles. The topological polar surface area (TPSA) is 61.5 Å². The van der Waals surface area contributed by atoms with E-state index in [1.807, 2.05) is 24.3 Å². The molecule has 0 spiro atoms. The molecule has 1 unspecified atom stereocenters. The Morgan fingerprint density at radius 3 is 2.68 bits per heavy atom. The molecule has 0 saturated heterocycles. The molecule has 1 aromatic carbocycles. The van der Waals surface area contributed by atoms with Gasteiger partial charge in [0.25, 0.3) is 0 Å². The normalized spacial score (nSPS) is 11.9. The van der Waals surface area contributed by atoms with Crippen LogP contribution >= 0.6 is 27.7 Å². The number of rotatable bonds is 8. The number of carbonyl (C=O) groups is 1. The second kappa shape index (κ2) is 9.23. The van der Waals surface area contributed by atoms with Crippen LogP contribution in [0.15, 0.2) is 28.7 Å². The van der Waals surface area contributed by atoms with Gasteiger partial charge < -0.3 is 15.2 Å². The van der Waals surface area contributed by atoms with E-state index in [0.717, 1.165) is 21.7 Å². The van der Waals surface area contributed by atoms with E-state index in [9.17, 15) is 4.79 Å². The number of thioether (sulfide) groups is 1. The van der Waals surface area contributed by atoms with Gasteiger partial charge in [0.1, 0.15) is 11.8 Å². The van der Waals surface area contributed by atoms with E-state index in [2.05, 4.69) is 20.7 Å². The molecule has 2 N–H and O–H groups in total. The van der Waals surface area contributed by atoms with Gasteiger partial charge in [-0.3, -0.25) is 4.79 Å². The zero-order chi connectivity index (χ0) is 14.1. The third-order valence-electron chi connectivity index (χ3n) is 2.39. The van der Waals surface area contributed by atoms with E-state index >= 15 is 0 Å². The number of halogens is 1. The summed E-state index contributed by atoms with van der Waals surface area (Å²) in [5.41, 5.74) is 5.62. The van der Waals surface area contributed by atoms with Crippen LogP contribution in [-0.2, 0) is 9.53 Å². The van der Waals surface area contributed by atoms with E-state index in [4.69, 9.17) is 10.5 Å². The largest absolute Gasteiger partial charge is 0.493 e. The standard InChI is InChI=1S/C13H18BrNO3S/c1-17-13(16)12(15)6-8-19-9-7-18-11-4-2-10(14)3-5-11/h2-5,12H,6-9,15H2,1H3. The highest BCUT2D eigenvalue weighted by atomic mass is 79.9. The van der Waals surface area contributed by atoms with Crippen molar-refractivity contribution in [2.24, 2.45) is 5.73 Å². The van der Waals surface area contributed by atoms with Gasteiger partial charge in [-0.1, -0.05) is 15.9 Å². The fourth-order valence-electron chi connectivity index (χ4n) is 1.33. The van der Waals surface area contributed by atoms with Crippen molar-refractivity contribution in [2.75, 3.05) is 25.2 Å². The van der Waals surface area contributed by atoms with Gasteiger partial charge in [-0.2, -0.15) is 11.8 Å². The van der Waals surface area contributed by atoms with Crippen LogP contribution in [-0.4, -0.2) is 37.2 Å². The van der Waals surface area contributed by atoms with Crippen LogP contribution < -0.4 is 10.5 Å². The summed E-state index contributed by atoms with van der Waals surface area (Å²) in [6.45, 7) is 0.639. The van der Waals surface area contributed by atoms with Gasteiger partial charge in [0.05, 0.1) is 13.7 Å². The molecule has 1 aromatic rings. The summed E-state index contributed by atoms with van der Waals surface area (Å²) < 4.78 is 11.2. The Kier molecular flexibility index (Phi) is 7.93. The molecule has 0 amide bonds. The first-order chi connectivity index (χ1) is 9.13. The van der Waals surface area contributed by atoms with Crippen LogP contribution in [0, 0.1) is 0 Å². The molecule has 0 radical (unpaired) electrons. The number of nitrogens with two attached hydrogens (primary N) is 1. The van der Waals surface area contributed by atoms with Gasteiger partial charge in [0, 0.05) is 10.2 Å². The number of hydrogen-bond acceptors (Lipinski definition) is 5. The van der Waals surface area contributed by atoms with Crippen molar-refractivity contribution >= 4 is 33.7 Å². The highest BCUT2D eigenvalue weighted by Gasteiger charge is 2.12. The lowest BCUT2D eigenvalue weighted by Crippen LogP contribution is -2.32. The van der Waals surface area contributed by atoms with Crippen molar-refractivity contribution in [2.45, 2.75) is 12.5 Å². The highest BCUT2D eigenvalue weighted by molar-refractivity contribution is 9.10. The van der Waals surface area contributed by atoms with Crippen LogP contribution in [0.25, 0.3) is 0 Å². The maximum atomic E-state index is 11.1. The van der Waals surface area contributed by atoms with Crippen molar-refractivity contribution in [3.8, 4) is 5.75 Å². The Morgan fingerprint density at radius 1 is 1.37 bits per heavy atom. The monoisotopic (exact) mass is 347 g/mol. The van der Waals surface area contributed by atoms with Gasteiger partial charge in [-0.05, 0) is 36.4 Å². The molecular weight excluding hydrogens is 330 g/mol. The third-order valence-corrected chi connectivity index (χ3v) is 3.90. The van der Waals surface area contributed by atoms with Crippen molar-refractivity contribution < 1.29 is 14.3 Å². The molecule has 0 fully saturated rings. The average molecular weight is 348 g/mol. The molecule has 19 heavy (non-hydrogen) atoms. The molecule has 1 rings (SSSR count). The fraction of sp³-hybridized carbons (Fsp3) is 0.462. The molecule has 0 heterocycles. The highest BCUT2D eigenvalue weighted by Crippen LogP contribution is 2.16. The lowest BCUT2D eigenvalue weighted by atomic mass is 10.2. The molecule has 106 valence electrons. The number of ether oxygens (including phenoxy) is 2. The van der Waals surface area contributed by atoms with Crippen LogP contribution in [0.3, 0.4) is 0 Å². The van der Waals surface area contributed by atoms with E-state index < -0.39 is 6.04 Å². The Hall–Kier alpha value is -0.720. The number of carbonyl (C=O) groups excluding carboxylic acids is 1. The first-order valence-corrected chi connectivity index (χ1v) is 7.87. The van der Waals surface area contributed by atoms with Gasteiger partial charge in [0.15, 0.2) is 0 Å². The molecule has 0 bridgehead atoms. The second-order valence-electron chi connectivity index (χ2n) is 3.83. The summed E-state index contributed by atoms with van der Waals surface area (Å²) in [6.07, 6.45) is 0.621. The van der Waals surface area contributed by atoms with E-state index in [-0.39, 0.29) is 5.97 Å². The van der Waals surface area contributed by atoms with Crippen molar-refractivity contribution in [3.63, 3.8) is 0 Å². The molecule has 4 nitrogen and oxygen atoms in total. The number of methoxy groups -OCH3 is 1. The predicted octanol–water partition coefficient (Wildman–Crippen LogP) is 2.45. The average Bonchev–Trinajstić information content (AvgIpc) is 2.43. The number of esters is 1. The SMILES string of the molecule is COC(=O)C(N)CCSCCOc1ccc(Br)cc1. The van der Waals surface area contributed by atoms with E-state index in [1.54, 1.807) is 11.8 Å². The van der Waals surface area contributed by atoms with Crippen LogP contribution in [0.1, 0.15) is 6.42 Å². The lowest BCUT2D eigenvalue weighted by molar-refractivity contribution is -0.142.